The number of rotatable bonds is 7. The van der Waals surface area contributed by atoms with Gasteiger partial charge in [-0.15, -0.1) is 11.3 Å². The van der Waals surface area contributed by atoms with E-state index in [0.717, 1.165) is 53.9 Å². The van der Waals surface area contributed by atoms with Crippen LogP contribution in [0, 0.1) is 5.92 Å². The first-order valence-electron chi connectivity index (χ1n) is 12.4. The number of fused-ring (bicyclic) bond motifs is 1. The molecule has 192 valence electrons. The number of nitrogens with one attached hydrogen (secondary N) is 3. The van der Waals surface area contributed by atoms with E-state index < -0.39 is 6.03 Å². The number of thiophene rings is 1. The second-order valence-electron chi connectivity index (χ2n) is 10.1. The molecule has 1 aliphatic heterocycles. The molecule has 2 heterocycles. The van der Waals surface area contributed by atoms with Crippen molar-refractivity contribution < 1.29 is 19.1 Å². The van der Waals surface area contributed by atoms with Crippen LogP contribution < -0.4 is 20.7 Å². The molecule has 3 amide bonds. The standard InChI is InChI=1S/C28H35N3O4S/c1-28(2,3)24-17-22(25(36-24)26(32)29-4)31-27(33)30-21-9-10-23(20-8-6-5-7-19(20)21)35-16-13-18-11-14-34-15-12-18/h5-10,17-18H,11-16H2,1-4H3,(H,29,32)(H2,30,31,33). The maximum atomic E-state index is 13.0. The molecule has 1 aromatic heterocycles. The summed E-state index contributed by atoms with van der Waals surface area (Å²) in [6.07, 6.45) is 3.18. The van der Waals surface area contributed by atoms with Crippen molar-refractivity contribution in [3.8, 4) is 5.75 Å². The van der Waals surface area contributed by atoms with Crippen LogP contribution in [0.1, 0.15) is 54.6 Å². The molecule has 3 N–H and O–H groups in total. The van der Waals surface area contributed by atoms with Gasteiger partial charge in [-0.3, -0.25) is 4.79 Å². The Morgan fingerprint density at radius 2 is 1.72 bits per heavy atom. The van der Waals surface area contributed by atoms with Gasteiger partial charge in [-0.25, -0.2) is 4.79 Å². The first-order chi connectivity index (χ1) is 17.3. The highest BCUT2D eigenvalue weighted by Crippen LogP contribution is 2.36. The molecule has 1 aliphatic rings. The van der Waals surface area contributed by atoms with E-state index in [1.54, 1.807) is 7.05 Å². The molecule has 3 aromatic rings. The summed E-state index contributed by atoms with van der Waals surface area (Å²) in [6, 6.07) is 13.1. The van der Waals surface area contributed by atoms with E-state index >= 15 is 0 Å². The highest BCUT2D eigenvalue weighted by atomic mass is 32.1. The highest BCUT2D eigenvalue weighted by molar-refractivity contribution is 7.14. The number of hydrogen-bond donors (Lipinski definition) is 3. The number of ether oxygens (including phenoxy) is 2. The molecule has 7 nitrogen and oxygen atoms in total. The third-order valence-electron chi connectivity index (χ3n) is 6.41. The minimum atomic E-state index is -0.406. The van der Waals surface area contributed by atoms with Crippen molar-refractivity contribution in [1.29, 1.82) is 0 Å². The zero-order valence-corrected chi connectivity index (χ0v) is 22.2. The highest BCUT2D eigenvalue weighted by Gasteiger charge is 2.24. The molecule has 8 heteroatoms. The van der Waals surface area contributed by atoms with Crippen LogP contribution in [0.4, 0.5) is 16.2 Å². The molecular weight excluding hydrogens is 474 g/mol. The first-order valence-corrected chi connectivity index (χ1v) is 13.2. The number of hydrogen-bond acceptors (Lipinski definition) is 5. The van der Waals surface area contributed by atoms with Gasteiger partial charge in [0.25, 0.3) is 5.91 Å². The molecule has 2 aromatic carbocycles. The SMILES string of the molecule is CNC(=O)c1sc(C(C)(C)C)cc1NC(=O)Nc1ccc(OCCC2CCOCC2)c2ccccc12. The van der Waals surface area contributed by atoms with E-state index in [0.29, 0.717) is 28.8 Å². The number of carbonyl (C=O) groups is 2. The minimum absolute atomic E-state index is 0.138. The molecule has 1 fully saturated rings. The molecule has 0 radical (unpaired) electrons. The summed E-state index contributed by atoms with van der Waals surface area (Å²) in [4.78, 5) is 26.9. The number of benzene rings is 2. The Bertz CT molecular complexity index is 1230. The van der Waals surface area contributed by atoms with Gasteiger partial charge in [-0.05, 0) is 48.8 Å². The lowest BCUT2D eigenvalue weighted by Crippen LogP contribution is -2.23. The number of anilines is 2. The second kappa shape index (κ2) is 11.3. The Balaban J connectivity index is 1.48. The topological polar surface area (TPSA) is 88.7 Å². The van der Waals surface area contributed by atoms with E-state index in [1.807, 2.05) is 42.5 Å². The minimum Gasteiger partial charge on any atom is -0.493 e. The van der Waals surface area contributed by atoms with Crippen molar-refractivity contribution in [3.05, 3.63) is 52.2 Å². The van der Waals surface area contributed by atoms with Crippen molar-refractivity contribution in [2.75, 3.05) is 37.5 Å². The number of urea groups is 1. The van der Waals surface area contributed by atoms with Crippen LogP contribution >= 0.6 is 11.3 Å². The van der Waals surface area contributed by atoms with Crippen LogP contribution in [-0.2, 0) is 10.2 Å². The molecule has 4 rings (SSSR count). The van der Waals surface area contributed by atoms with Gasteiger partial charge in [0, 0.05) is 35.9 Å². The van der Waals surface area contributed by atoms with Gasteiger partial charge in [-0.1, -0.05) is 45.0 Å². The van der Waals surface area contributed by atoms with Gasteiger partial charge in [0.1, 0.15) is 10.6 Å². The maximum absolute atomic E-state index is 13.0. The van der Waals surface area contributed by atoms with E-state index in [-0.39, 0.29) is 11.3 Å². The van der Waals surface area contributed by atoms with E-state index in [9.17, 15) is 9.59 Å². The van der Waals surface area contributed by atoms with Crippen molar-refractivity contribution >= 4 is 45.4 Å². The van der Waals surface area contributed by atoms with E-state index in [1.165, 1.54) is 11.3 Å². The fourth-order valence-electron chi connectivity index (χ4n) is 4.29. The third-order valence-corrected chi connectivity index (χ3v) is 7.97. The predicted octanol–water partition coefficient (Wildman–Crippen LogP) is 6.40. The monoisotopic (exact) mass is 509 g/mol. The van der Waals surface area contributed by atoms with Crippen molar-refractivity contribution in [2.45, 2.75) is 45.4 Å². The third kappa shape index (κ3) is 6.17. The van der Waals surface area contributed by atoms with E-state index in [2.05, 4.69) is 36.7 Å². The Morgan fingerprint density at radius 3 is 2.42 bits per heavy atom. The molecule has 0 unspecified atom stereocenters. The van der Waals surface area contributed by atoms with Gasteiger partial charge >= 0.3 is 6.03 Å². The van der Waals surface area contributed by atoms with Gasteiger partial charge in [-0.2, -0.15) is 0 Å². The fraction of sp³-hybridized carbons (Fsp3) is 0.429. The van der Waals surface area contributed by atoms with Crippen molar-refractivity contribution in [3.63, 3.8) is 0 Å². The molecule has 0 bridgehead atoms. The average Bonchev–Trinajstić information content (AvgIpc) is 3.29. The van der Waals surface area contributed by atoms with Gasteiger partial charge < -0.3 is 25.4 Å². The molecule has 36 heavy (non-hydrogen) atoms. The molecule has 1 saturated heterocycles. The van der Waals surface area contributed by atoms with Crippen LogP contribution in [0.15, 0.2) is 42.5 Å². The van der Waals surface area contributed by atoms with Crippen molar-refractivity contribution in [2.24, 2.45) is 5.92 Å². The molecule has 0 saturated carbocycles. The molecule has 0 aliphatic carbocycles. The summed E-state index contributed by atoms with van der Waals surface area (Å²) < 4.78 is 11.6. The Kier molecular flexibility index (Phi) is 8.16. The molecular formula is C28H35N3O4S. The summed E-state index contributed by atoms with van der Waals surface area (Å²) in [5, 5.41) is 10.3. The van der Waals surface area contributed by atoms with Crippen LogP contribution in [0.2, 0.25) is 0 Å². The summed E-state index contributed by atoms with van der Waals surface area (Å²) in [5.74, 6) is 1.22. The van der Waals surface area contributed by atoms with Crippen LogP contribution in [0.25, 0.3) is 10.8 Å². The quantitative estimate of drug-likeness (QED) is 0.344. The summed E-state index contributed by atoms with van der Waals surface area (Å²) >= 11 is 1.39. The summed E-state index contributed by atoms with van der Waals surface area (Å²) in [5.41, 5.74) is 1.03. The van der Waals surface area contributed by atoms with E-state index in [4.69, 9.17) is 9.47 Å². The Morgan fingerprint density at radius 1 is 1.03 bits per heavy atom. The molecule has 0 atom stereocenters. The lowest BCUT2D eigenvalue weighted by molar-refractivity contribution is 0.0594. The Labute approximate surface area is 216 Å². The lowest BCUT2D eigenvalue weighted by atomic mass is 9.94. The normalized spacial score (nSPS) is 14.4. The zero-order valence-electron chi connectivity index (χ0n) is 21.4. The average molecular weight is 510 g/mol. The summed E-state index contributed by atoms with van der Waals surface area (Å²) in [7, 11) is 1.59. The summed E-state index contributed by atoms with van der Waals surface area (Å²) in [6.45, 7) is 8.56. The van der Waals surface area contributed by atoms with Crippen LogP contribution in [-0.4, -0.2) is 38.8 Å². The fourth-order valence-corrected chi connectivity index (χ4v) is 5.41. The van der Waals surface area contributed by atoms with Gasteiger partial charge in [0.05, 0.1) is 18.0 Å². The van der Waals surface area contributed by atoms with Crippen LogP contribution in [0.3, 0.4) is 0 Å². The predicted molar refractivity (Wildman–Crippen MR) is 147 cm³/mol. The maximum Gasteiger partial charge on any atom is 0.323 e. The van der Waals surface area contributed by atoms with Gasteiger partial charge in [0.15, 0.2) is 0 Å². The number of carbonyl (C=O) groups excluding carboxylic acids is 2. The lowest BCUT2D eigenvalue weighted by Gasteiger charge is -2.22. The molecule has 0 spiro atoms. The second-order valence-corrected chi connectivity index (χ2v) is 11.2. The smallest absolute Gasteiger partial charge is 0.323 e. The van der Waals surface area contributed by atoms with Crippen LogP contribution in [0.5, 0.6) is 5.75 Å². The largest absolute Gasteiger partial charge is 0.493 e. The zero-order chi connectivity index (χ0) is 25.7. The number of amides is 3. The van der Waals surface area contributed by atoms with Crippen molar-refractivity contribution in [1.82, 2.24) is 5.32 Å². The van der Waals surface area contributed by atoms with Gasteiger partial charge in [0.2, 0.25) is 0 Å². The Hall–Kier alpha value is -3.10. The first kappa shape index (κ1) is 26.0.